The minimum absolute atomic E-state index is 0.198. The first-order chi connectivity index (χ1) is 8.42. The maximum Gasteiger partial charge on any atom is 0.123 e. The van der Waals surface area contributed by atoms with Crippen molar-refractivity contribution in [2.45, 2.75) is 45.4 Å². The highest BCUT2D eigenvalue weighted by Gasteiger charge is 2.27. The molecule has 0 spiro atoms. The van der Waals surface area contributed by atoms with Crippen molar-refractivity contribution in [2.24, 2.45) is 0 Å². The van der Waals surface area contributed by atoms with Gasteiger partial charge in [0.1, 0.15) is 5.75 Å². The quantitative estimate of drug-likeness (QED) is 0.842. The third-order valence-electron chi connectivity index (χ3n) is 3.67. The second kappa shape index (κ2) is 6.21. The minimum atomic E-state index is -0.198. The highest BCUT2D eigenvalue weighted by atomic mass is 16.5. The largest absolute Gasteiger partial charge is 0.496 e. The van der Waals surface area contributed by atoms with E-state index in [0.29, 0.717) is 0 Å². The van der Waals surface area contributed by atoms with Crippen molar-refractivity contribution in [2.75, 3.05) is 14.2 Å². The fourth-order valence-electron chi connectivity index (χ4n) is 1.87. The van der Waals surface area contributed by atoms with Gasteiger partial charge in [-0.1, -0.05) is 18.2 Å². The summed E-state index contributed by atoms with van der Waals surface area (Å²) in [5.74, 6) is 0.917. The van der Waals surface area contributed by atoms with Crippen molar-refractivity contribution in [3.8, 4) is 5.75 Å². The van der Waals surface area contributed by atoms with Gasteiger partial charge in [-0.2, -0.15) is 0 Å². The molecule has 0 aliphatic carbocycles. The molecule has 1 aromatic rings. The van der Waals surface area contributed by atoms with Gasteiger partial charge in [0.05, 0.1) is 12.7 Å². The smallest absolute Gasteiger partial charge is 0.123 e. The summed E-state index contributed by atoms with van der Waals surface area (Å²) in [6.45, 7) is 8.44. The summed E-state index contributed by atoms with van der Waals surface area (Å²) in [6.07, 6.45) is 0. The van der Waals surface area contributed by atoms with Crippen LogP contribution in [0.25, 0.3) is 0 Å². The fraction of sp³-hybridized carbons (Fsp3) is 0.600. The van der Waals surface area contributed by atoms with E-state index in [-0.39, 0.29) is 17.7 Å². The van der Waals surface area contributed by atoms with Gasteiger partial charge in [-0.25, -0.2) is 0 Å². The molecule has 2 atom stereocenters. The number of para-hydroxylation sites is 1. The second-order valence-electron chi connectivity index (χ2n) is 5.16. The molecule has 0 heterocycles. The van der Waals surface area contributed by atoms with E-state index in [1.807, 2.05) is 18.2 Å². The number of methoxy groups -OCH3 is 2. The molecular weight excluding hydrogens is 226 g/mol. The summed E-state index contributed by atoms with van der Waals surface area (Å²) < 4.78 is 10.9. The van der Waals surface area contributed by atoms with Gasteiger partial charge in [0.15, 0.2) is 0 Å². The van der Waals surface area contributed by atoms with Crippen LogP contribution in [0.5, 0.6) is 5.75 Å². The average Bonchev–Trinajstić information content (AvgIpc) is 2.38. The van der Waals surface area contributed by atoms with Crippen molar-refractivity contribution in [3.05, 3.63) is 29.8 Å². The Bertz CT molecular complexity index is 377. The van der Waals surface area contributed by atoms with Crippen molar-refractivity contribution < 1.29 is 9.47 Å². The first-order valence-corrected chi connectivity index (χ1v) is 6.36. The molecule has 1 N–H and O–H groups in total. The van der Waals surface area contributed by atoms with Gasteiger partial charge in [0, 0.05) is 24.8 Å². The average molecular weight is 251 g/mol. The van der Waals surface area contributed by atoms with Crippen molar-refractivity contribution in [1.82, 2.24) is 5.32 Å². The molecule has 0 saturated carbocycles. The van der Waals surface area contributed by atoms with Crippen LogP contribution in [0.3, 0.4) is 0 Å². The molecule has 1 rings (SSSR count). The van der Waals surface area contributed by atoms with Gasteiger partial charge in [0.25, 0.3) is 0 Å². The van der Waals surface area contributed by atoms with Crippen LogP contribution in [0.2, 0.25) is 0 Å². The van der Waals surface area contributed by atoms with Crippen LogP contribution in [-0.2, 0) is 4.74 Å². The van der Waals surface area contributed by atoms with Gasteiger partial charge in [0.2, 0.25) is 0 Å². The van der Waals surface area contributed by atoms with Crippen molar-refractivity contribution in [1.29, 1.82) is 0 Å². The van der Waals surface area contributed by atoms with E-state index in [1.165, 1.54) is 5.56 Å². The third kappa shape index (κ3) is 3.47. The summed E-state index contributed by atoms with van der Waals surface area (Å²) in [6, 6.07) is 8.54. The lowest BCUT2D eigenvalue weighted by atomic mass is 9.98. The number of rotatable bonds is 6. The van der Waals surface area contributed by atoms with E-state index >= 15 is 0 Å². The molecule has 1 unspecified atom stereocenters. The molecular formula is C15H25NO2. The zero-order valence-corrected chi connectivity index (χ0v) is 12.3. The van der Waals surface area contributed by atoms with Crippen LogP contribution in [0, 0.1) is 0 Å². The first-order valence-electron chi connectivity index (χ1n) is 6.36. The molecule has 0 saturated heterocycles. The number of nitrogens with one attached hydrogen (secondary N) is 1. The number of benzene rings is 1. The number of hydrogen-bond acceptors (Lipinski definition) is 3. The Labute approximate surface area is 110 Å². The monoisotopic (exact) mass is 251 g/mol. The molecule has 18 heavy (non-hydrogen) atoms. The standard InChI is InChI=1S/C15H25NO2/c1-11(16-12(2)15(3,4)18-6)13-9-7-8-10-14(13)17-5/h7-12,16H,1-6H3/t11-,12?/m1/s1. The van der Waals surface area contributed by atoms with Crippen LogP contribution in [-0.4, -0.2) is 25.9 Å². The van der Waals surface area contributed by atoms with Gasteiger partial charge in [-0.15, -0.1) is 0 Å². The van der Waals surface area contributed by atoms with Crippen LogP contribution in [0.1, 0.15) is 39.3 Å². The Morgan fingerprint density at radius 1 is 1.11 bits per heavy atom. The van der Waals surface area contributed by atoms with Gasteiger partial charge in [-0.3, -0.25) is 0 Å². The van der Waals surface area contributed by atoms with E-state index in [4.69, 9.17) is 9.47 Å². The van der Waals surface area contributed by atoms with Crippen molar-refractivity contribution in [3.63, 3.8) is 0 Å². The molecule has 0 radical (unpaired) electrons. The normalized spacial score (nSPS) is 15.2. The Hall–Kier alpha value is -1.06. The summed E-state index contributed by atoms with van der Waals surface area (Å²) in [5.41, 5.74) is 0.967. The zero-order chi connectivity index (χ0) is 13.8. The molecule has 1 aromatic carbocycles. The van der Waals surface area contributed by atoms with Gasteiger partial charge >= 0.3 is 0 Å². The van der Waals surface area contributed by atoms with Crippen molar-refractivity contribution >= 4 is 0 Å². The molecule has 0 fully saturated rings. The highest BCUT2D eigenvalue weighted by Crippen LogP contribution is 2.26. The lowest BCUT2D eigenvalue weighted by molar-refractivity contribution is -0.00770. The lowest BCUT2D eigenvalue weighted by Crippen LogP contribution is -2.46. The summed E-state index contributed by atoms with van der Waals surface area (Å²) in [5, 5.41) is 3.56. The number of hydrogen-bond donors (Lipinski definition) is 1. The predicted octanol–water partition coefficient (Wildman–Crippen LogP) is 3.16. The molecule has 0 bridgehead atoms. The zero-order valence-electron chi connectivity index (χ0n) is 12.3. The Balaban J connectivity index is 2.79. The van der Waals surface area contributed by atoms with Crippen LogP contribution in [0.15, 0.2) is 24.3 Å². The molecule has 3 heteroatoms. The summed E-state index contributed by atoms with van der Waals surface area (Å²) >= 11 is 0. The maximum absolute atomic E-state index is 5.50. The molecule has 3 nitrogen and oxygen atoms in total. The van der Waals surface area contributed by atoms with E-state index < -0.39 is 0 Å². The fourth-order valence-corrected chi connectivity index (χ4v) is 1.87. The first kappa shape index (κ1) is 15.0. The van der Waals surface area contributed by atoms with Crippen LogP contribution in [0.4, 0.5) is 0 Å². The third-order valence-corrected chi connectivity index (χ3v) is 3.67. The summed E-state index contributed by atoms with van der Waals surface area (Å²) in [7, 11) is 3.44. The molecule has 102 valence electrons. The second-order valence-corrected chi connectivity index (χ2v) is 5.16. The van der Waals surface area contributed by atoms with E-state index in [2.05, 4.69) is 39.1 Å². The van der Waals surface area contributed by atoms with E-state index in [9.17, 15) is 0 Å². The highest BCUT2D eigenvalue weighted by molar-refractivity contribution is 5.35. The lowest BCUT2D eigenvalue weighted by Gasteiger charge is -2.33. The number of ether oxygens (including phenoxy) is 2. The van der Waals surface area contributed by atoms with Gasteiger partial charge in [-0.05, 0) is 33.8 Å². The summed E-state index contributed by atoms with van der Waals surface area (Å²) in [4.78, 5) is 0. The SMILES string of the molecule is COc1ccccc1[C@@H](C)NC(C)C(C)(C)OC. The van der Waals surface area contributed by atoms with Gasteiger partial charge < -0.3 is 14.8 Å². The molecule has 0 aliphatic rings. The maximum atomic E-state index is 5.50. The molecule has 0 aromatic heterocycles. The molecule has 0 aliphatic heterocycles. The Morgan fingerprint density at radius 2 is 1.72 bits per heavy atom. The van der Waals surface area contributed by atoms with Crippen LogP contribution >= 0.6 is 0 Å². The van der Waals surface area contributed by atoms with E-state index in [1.54, 1.807) is 14.2 Å². The minimum Gasteiger partial charge on any atom is -0.496 e. The predicted molar refractivity (Wildman–Crippen MR) is 75.1 cm³/mol. The van der Waals surface area contributed by atoms with Crippen LogP contribution < -0.4 is 10.1 Å². The Kier molecular flexibility index (Phi) is 5.17. The Morgan fingerprint density at radius 3 is 2.28 bits per heavy atom. The molecule has 0 amide bonds. The topological polar surface area (TPSA) is 30.5 Å². The van der Waals surface area contributed by atoms with E-state index in [0.717, 1.165) is 5.75 Å².